The minimum atomic E-state index is -0.00245. The smallest absolute Gasteiger partial charge is 0.231 e. The summed E-state index contributed by atoms with van der Waals surface area (Å²) in [6, 6.07) is 5.67. The number of hydrogen-bond donors (Lipinski definition) is 0. The first-order chi connectivity index (χ1) is 12.1. The van der Waals surface area contributed by atoms with Gasteiger partial charge in [-0.3, -0.25) is 4.79 Å². The zero-order valence-corrected chi connectivity index (χ0v) is 14.7. The van der Waals surface area contributed by atoms with Crippen LogP contribution in [0.5, 0.6) is 11.5 Å². The molecule has 0 radical (unpaired) electrons. The van der Waals surface area contributed by atoms with Crippen LogP contribution in [0.2, 0.25) is 5.15 Å². The van der Waals surface area contributed by atoms with Crippen molar-refractivity contribution < 1.29 is 19.0 Å². The van der Waals surface area contributed by atoms with Gasteiger partial charge in [0.05, 0.1) is 11.6 Å². The Kier molecular flexibility index (Phi) is 4.39. The summed E-state index contributed by atoms with van der Waals surface area (Å²) in [5, 5.41) is 1.30. The van der Waals surface area contributed by atoms with E-state index in [2.05, 4.69) is 4.98 Å². The second kappa shape index (κ2) is 6.69. The molecule has 0 saturated carbocycles. The number of fused-ring (bicyclic) bond motifs is 2. The summed E-state index contributed by atoms with van der Waals surface area (Å²) in [4.78, 5) is 18.3. The number of rotatable bonds is 4. The third-order valence-corrected chi connectivity index (χ3v) is 4.92. The molecule has 1 atom stereocenters. The van der Waals surface area contributed by atoms with Crippen molar-refractivity contribution in [1.29, 1.82) is 0 Å². The lowest BCUT2D eigenvalue weighted by atomic mass is 10.1. The zero-order valence-electron chi connectivity index (χ0n) is 14.0. The Labute approximate surface area is 150 Å². The first-order valence-electron chi connectivity index (χ1n) is 8.36. The standard InChI is InChI=1S/C18H19ClN2O4/c1-11(22)21(9-14-3-2-4-23-14)8-13-5-12-6-16-17(25-10-24-16)7-15(12)20-18(13)19/h5-7,14H,2-4,8-10H2,1H3. The van der Waals surface area contributed by atoms with Gasteiger partial charge < -0.3 is 19.1 Å². The number of amides is 1. The summed E-state index contributed by atoms with van der Waals surface area (Å²) in [7, 11) is 0. The van der Waals surface area contributed by atoms with Gasteiger partial charge in [-0.05, 0) is 25.0 Å². The first-order valence-corrected chi connectivity index (χ1v) is 8.74. The molecule has 0 spiro atoms. The average molecular weight is 363 g/mol. The highest BCUT2D eigenvalue weighted by molar-refractivity contribution is 6.30. The normalized spacial score (nSPS) is 18.7. The summed E-state index contributed by atoms with van der Waals surface area (Å²) in [5.74, 6) is 1.37. The number of pyridine rings is 1. The predicted molar refractivity (Wildman–Crippen MR) is 92.9 cm³/mol. The number of benzene rings is 1. The van der Waals surface area contributed by atoms with E-state index in [0.717, 1.165) is 35.9 Å². The molecule has 25 heavy (non-hydrogen) atoms. The fourth-order valence-electron chi connectivity index (χ4n) is 3.24. The van der Waals surface area contributed by atoms with E-state index in [4.69, 9.17) is 25.8 Å². The molecule has 6 nitrogen and oxygen atoms in total. The van der Waals surface area contributed by atoms with E-state index in [1.54, 1.807) is 11.8 Å². The van der Waals surface area contributed by atoms with Crippen molar-refractivity contribution >= 4 is 28.4 Å². The Morgan fingerprint density at radius 3 is 2.84 bits per heavy atom. The molecule has 1 fully saturated rings. The molecule has 0 N–H and O–H groups in total. The van der Waals surface area contributed by atoms with Crippen LogP contribution in [-0.2, 0) is 16.1 Å². The van der Waals surface area contributed by atoms with E-state index in [9.17, 15) is 4.79 Å². The maximum atomic E-state index is 12.0. The maximum absolute atomic E-state index is 12.0. The molecule has 1 saturated heterocycles. The molecule has 0 aliphatic carbocycles. The van der Waals surface area contributed by atoms with Crippen LogP contribution >= 0.6 is 11.6 Å². The number of aromatic nitrogens is 1. The van der Waals surface area contributed by atoms with E-state index in [1.807, 2.05) is 18.2 Å². The fourth-order valence-corrected chi connectivity index (χ4v) is 3.44. The number of carbonyl (C=O) groups excluding carboxylic acids is 1. The molecule has 0 bridgehead atoms. The highest BCUT2D eigenvalue weighted by Gasteiger charge is 2.22. The molecule has 3 heterocycles. The third-order valence-electron chi connectivity index (χ3n) is 4.59. The minimum absolute atomic E-state index is 0.00245. The lowest BCUT2D eigenvalue weighted by molar-refractivity contribution is -0.131. The number of ether oxygens (including phenoxy) is 3. The Balaban J connectivity index is 1.61. The van der Waals surface area contributed by atoms with Crippen LogP contribution in [0.3, 0.4) is 0 Å². The molecule has 1 aromatic carbocycles. The summed E-state index contributed by atoms with van der Waals surface area (Å²) in [5.41, 5.74) is 1.55. The largest absolute Gasteiger partial charge is 0.454 e. The quantitative estimate of drug-likeness (QED) is 0.782. The van der Waals surface area contributed by atoms with E-state index in [0.29, 0.717) is 29.7 Å². The Hall–Kier alpha value is -2.05. The molecule has 2 aliphatic rings. The monoisotopic (exact) mass is 362 g/mol. The number of carbonyl (C=O) groups is 1. The van der Waals surface area contributed by atoms with Crippen molar-refractivity contribution in [2.24, 2.45) is 0 Å². The van der Waals surface area contributed by atoms with E-state index in [1.165, 1.54) is 0 Å². The van der Waals surface area contributed by atoms with E-state index in [-0.39, 0.29) is 18.8 Å². The van der Waals surface area contributed by atoms with Gasteiger partial charge in [-0.2, -0.15) is 0 Å². The molecule has 2 aliphatic heterocycles. The molecule has 1 unspecified atom stereocenters. The molecule has 4 rings (SSSR count). The Morgan fingerprint density at radius 1 is 1.32 bits per heavy atom. The molecule has 1 aromatic heterocycles. The van der Waals surface area contributed by atoms with Crippen LogP contribution < -0.4 is 9.47 Å². The van der Waals surface area contributed by atoms with Gasteiger partial charge in [0.15, 0.2) is 11.5 Å². The zero-order chi connectivity index (χ0) is 17.4. The SMILES string of the molecule is CC(=O)N(Cc1cc2cc3c(cc2nc1Cl)OCO3)CC1CCCO1. The summed E-state index contributed by atoms with van der Waals surface area (Å²) in [6.07, 6.45) is 2.13. The van der Waals surface area contributed by atoms with Crippen LogP contribution in [0.4, 0.5) is 0 Å². The number of halogens is 1. The van der Waals surface area contributed by atoms with Crippen LogP contribution in [0.15, 0.2) is 18.2 Å². The third kappa shape index (κ3) is 3.37. The highest BCUT2D eigenvalue weighted by Crippen LogP contribution is 2.36. The predicted octanol–water partition coefficient (Wildman–Crippen LogP) is 3.14. The lowest BCUT2D eigenvalue weighted by Gasteiger charge is -2.24. The van der Waals surface area contributed by atoms with Crippen LogP contribution in [0.1, 0.15) is 25.3 Å². The van der Waals surface area contributed by atoms with Crippen LogP contribution in [0.25, 0.3) is 10.9 Å². The van der Waals surface area contributed by atoms with Gasteiger partial charge in [0.2, 0.25) is 12.7 Å². The maximum Gasteiger partial charge on any atom is 0.231 e. The molecule has 1 amide bonds. The second-order valence-electron chi connectivity index (χ2n) is 6.37. The van der Waals surface area contributed by atoms with Crippen molar-refractivity contribution in [2.75, 3.05) is 19.9 Å². The summed E-state index contributed by atoms with van der Waals surface area (Å²) >= 11 is 6.37. The molecular weight excluding hydrogens is 344 g/mol. The van der Waals surface area contributed by atoms with E-state index >= 15 is 0 Å². The van der Waals surface area contributed by atoms with Gasteiger partial charge in [-0.25, -0.2) is 4.98 Å². The number of hydrogen-bond acceptors (Lipinski definition) is 5. The first kappa shape index (κ1) is 16.4. The second-order valence-corrected chi connectivity index (χ2v) is 6.73. The van der Waals surface area contributed by atoms with Crippen molar-refractivity contribution in [3.8, 4) is 11.5 Å². The van der Waals surface area contributed by atoms with Crippen molar-refractivity contribution in [2.45, 2.75) is 32.4 Å². The van der Waals surface area contributed by atoms with Crippen LogP contribution in [0, 0.1) is 0 Å². The molecule has 7 heteroatoms. The molecular formula is C18H19ClN2O4. The average Bonchev–Trinajstić information content (AvgIpc) is 3.23. The van der Waals surface area contributed by atoms with Gasteiger partial charge in [-0.1, -0.05) is 11.6 Å². The summed E-state index contributed by atoms with van der Waals surface area (Å²) < 4.78 is 16.4. The topological polar surface area (TPSA) is 60.9 Å². The van der Waals surface area contributed by atoms with Crippen molar-refractivity contribution in [3.63, 3.8) is 0 Å². The van der Waals surface area contributed by atoms with Gasteiger partial charge in [-0.15, -0.1) is 0 Å². The highest BCUT2D eigenvalue weighted by atomic mass is 35.5. The van der Waals surface area contributed by atoms with Gasteiger partial charge in [0.1, 0.15) is 5.15 Å². The molecule has 2 aromatic rings. The minimum Gasteiger partial charge on any atom is -0.454 e. The Morgan fingerprint density at radius 2 is 2.12 bits per heavy atom. The van der Waals surface area contributed by atoms with E-state index < -0.39 is 0 Å². The van der Waals surface area contributed by atoms with Gasteiger partial charge in [0.25, 0.3) is 0 Å². The van der Waals surface area contributed by atoms with Crippen molar-refractivity contribution in [3.05, 3.63) is 28.9 Å². The van der Waals surface area contributed by atoms with Gasteiger partial charge in [0, 0.05) is 43.6 Å². The van der Waals surface area contributed by atoms with Gasteiger partial charge >= 0.3 is 0 Å². The fraction of sp³-hybridized carbons (Fsp3) is 0.444. The Bertz CT molecular complexity index is 820. The lowest BCUT2D eigenvalue weighted by Crippen LogP contribution is -2.35. The van der Waals surface area contributed by atoms with Crippen LogP contribution in [-0.4, -0.2) is 41.8 Å². The van der Waals surface area contributed by atoms with Crippen molar-refractivity contribution in [1.82, 2.24) is 9.88 Å². The molecule has 132 valence electrons. The summed E-state index contributed by atoms with van der Waals surface area (Å²) in [6.45, 7) is 3.53. The number of nitrogens with zero attached hydrogens (tertiary/aromatic N) is 2.